The van der Waals surface area contributed by atoms with Crippen LogP contribution in [0, 0.1) is 0 Å². The second-order valence-corrected chi connectivity index (χ2v) is 8.10. The van der Waals surface area contributed by atoms with Gasteiger partial charge in [0.05, 0.1) is 22.2 Å². The normalized spacial score (nSPS) is 33.7. The first-order valence-electron chi connectivity index (χ1n) is 7.92. The molecule has 2 saturated heterocycles. The van der Waals surface area contributed by atoms with Gasteiger partial charge in [-0.05, 0) is 48.2 Å². The number of halogens is 1. The van der Waals surface area contributed by atoms with Crippen LogP contribution in [0.3, 0.4) is 0 Å². The summed E-state index contributed by atoms with van der Waals surface area (Å²) < 4.78 is 14.8. The zero-order valence-corrected chi connectivity index (χ0v) is 14.1. The lowest BCUT2D eigenvalue weighted by Gasteiger charge is -2.42. The quantitative estimate of drug-likeness (QED) is 0.838. The lowest BCUT2D eigenvalue weighted by Crippen LogP contribution is -2.49. The van der Waals surface area contributed by atoms with E-state index in [0.29, 0.717) is 12.0 Å². The molecule has 2 saturated carbocycles. The van der Waals surface area contributed by atoms with Crippen molar-refractivity contribution in [1.29, 1.82) is 0 Å². The Balaban J connectivity index is 1.51. The topological polar surface area (TPSA) is 49.2 Å². The van der Waals surface area contributed by atoms with E-state index in [9.17, 15) is 0 Å². The maximum atomic E-state index is 5.94. The third-order valence-electron chi connectivity index (χ3n) is 5.33. The fraction of sp³-hybridized carbons (Fsp3) is 0.625. The molecule has 22 heavy (non-hydrogen) atoms. The molecule has 2 aliphatic carbocycles. The molecule has 0 aromatic carbocycles. The summed E-state index contributed by atoms with van der Waals surface area (Å²) in [6.45, 7) is 2.94. The minimum absolute atomic E-state index is 0.0386. The summed E-state index contributed by atoms with van der Waals surface area (Å²) in [5.41, 5.74) is 0.856. The smallest absolute Gasteiger partial charge is 0.230 e. The van der Waals surface area contributed by atoms with Crippen LogP contribution < -0.4 is 4.74 Å². The lowest BCUT2D eigenvalue weighted by atomic mass is 9.69. The Morgan fingerprint density at radius 1 is 1.41 bits per heavy atom. The lowest BCUT2D eigenvalue weighted by molar-refractivity contribution is 0.00382. The third kappa shape index (κ3) is 1.80. The van der Waals surface area contributed by atoms with E-state index in [1.165, 1.54) is 6.42 Å². The summed E-state index contributed by atoms with van der Waals surface area (Å²) in [5.74, 6) is 0.668. The molecular formula is C16H18BrN3O2. The second-order valence-electron chi connectivity index (χ2n) is 7.25. The van der Waals surface area contributed by atoms with Gasteiger partial charge in [0.25, 0.3) is 0 Å². The van der Waals surface area contributed by atoms with E-state index in [1.54, 1.807) is 0 Å². The zero-order chi connectivity index (χ0) is 14.9. The van der Waals surface area contributed by atoms with Gasteiger partial charge in [-0.2, -0.15) is 10.1 Å². The molecule has 6 heteroatoms. The molecule has 0 atom stereocenters. The summed E-state index contributed by atoms with van der Waals surface area (Å²) >= 11 is 3.57. The van der Waals surface area contributed by atoms with Crippen LogP contribution in [0.2, 0.25) is 0 Å². The van der Waals surface area contributed by atoms with E-state index in [0.717, 1.165) is 47.8 Å². The van der Waals surface area contributed by atoms with E-state index in [1.807, 2.05) is 0 Å². The highest BCUT2D eigenvalue weighted by atomic mass is 79.9. The van der Waals surface area contributed by atoms with Gasteiger partial charge in [0.15, 0.2) is 5.65 Å². The number of ether oxygens (including phenoxy) is 2. The molecule has 0 spiro atoms. The summed E-state index contributed by atoms with van der Waals surface area (Å²) in [5, 5.41) is 5.76. The molecule has 4 heterocycles. The molecule has 4 fully saturated rings. The van der Waals surface area contributed by atoms with Crippen LogP contribution in [0.4, 0.5) is 0 Å². The van der Waals surface area contributed by atoms with Gasteiger partial charge in [-0.15, -0.1) is 0 Å². The van der Waals surface area contributed by atoms with Crippen molar-refractivity contribution in [1.82, 2.24) is 14.8 Å². The van der Waals surface area contributed by atoms with Gasteiger partial charge in [0.2, 0.25) is 5.88 Å². The van der Waals surface area contributed by atoms with Crippen LogP contribution >= 0.6 is 15.9 Å². The van der Waals surface area contributed by atoms with Crippen LogP contribution in [0.1, 0.15) is 39.0 Å². The molecule has 0 unspecified atom stereocenters. The highest BCUT2D eigenvalue weighted by Crippen LogP contribution is 2.55. The molecule has 116 valence electrons. The molecule has 0 N–H and O–H groups in total. The number of fused-ring (bicyclic) bond motifs is 2. The van der Waals surface area contributed by atoms with Crippen molar-refractivity contribution in [2.45, 2.75) is 56.3 Å². The number of hydrogen-bond donors (Lipinski definition) is 0. The Kier molecular flexibility index (Phi) is 2.56. The SMILES string of the molecule is CC12CC(n3cc4cc(Br)c(OC5CCC5)nc4n3)(CO1)C2. The van der Waals surface area contributed by atoms with Crippen molar-refractivity contribution in [2.24, 2.45) is 0 Å². The van der Waals surface area contributed by atoms with E-state index in [2.05, 4.69) is 44.8 Å². The fourth-order valence-electron chi connectivity index (χ4n) is 3.97. The third-order valence-corrected chi connectivity index (χ3v) is 5.90. The predicted octanol–water partition coefficient (Wildman–Crippen LogP) is 3.40. The summed E-state index contributed by atoms with van der Waals surface area (Å²) in [6.07, 6.45) is 7.99. The predicted molar refractivity (Wildman–Crippen MR) is 85.1 cm³/mol. The number of aromatic nitrogens is 3. The van der Waals surface area contributed by atoms with E-state index >= 15 is 0 Å². The largest absolute Gasteiger partial charge is 0.474 e. The Morgan fingerprint density at radius 2 is 2.23 bits per heavy atom. The molecule has 2 aromatic rings. The number of pyridine rings is 1. The van der Waals surface area contributed by atoms with Crippen LogP contribution in [0.15, 0.2) is 16.7 Å². The molecule has 2 bridgehead atoms. The zero-order valence-electron chi connectivity index (χ0n) is 12.5. The van der Waals surface area contributed by atoms with Gasteiger partial charge in [0.1, 0.15) is 6.10 Å². The van der Waals surface area contributed by atoms with Crippen LogP contribution in [0.5, 0.6) is 5.88 Å². The molecule has 2 aliphatic heterocycles. The van der Waals surface area contributed by atoms with Crippen molar-refractivity contribution in [3.05, 3.63) is 16.7 Å². The number of rotatable bonds is 3. The first-order valence-corrected chi connectivity index (χ1v) is 8.72. The number of hydrogen-bond acceptors (Lipinski definition) is 4. The van der Waals surface area contributed by atoms with E-state index in [-0.39, 0.29) is 11.1 Å². The molecule has 5 nitrogen and oxygen atoms in total. The first kappa shape index (κ1) is 13.3. The minimum Gasteiger partial charge on any atom is -0.474 e. The van der Waals surface area contributed by atoms with Gasteiger partial charge in [0, 0.05) is 24.4 Å². The van der Waals surface area contributed by atoms with Crippen molar-refractivity contribution < 1.29 is 9.47 Å². The van der Waals surface area contributed by atoms with Crippen LogP contribution in [-0.2, 0) is 10.3 Å². The molecule has 0 amide bonds. The summed E-state index contributed by atoms with van der Waals surface area (Å²) in [6, 6.07) is 2.06. The van der Waals surface area contributed by atoms with Crippen molar-refractivity contribution in [3.8, 4) is 5.88 Å². The standard InChI is InChI=1S/C16H18BrN3O2/c1-15-7-16(8-15,9-21-15)20-6-10-5-12(17)14(18-13(10)19-20)22-11-3-2-4-11/h5-6,11H,2-4,7-9H2,1H3. The Morgan fingerprint density at radius 3 is 2.86 bits per heavy atom. The van der Waals surface area contributed by atoms with Crippen molar-refractivity contribution in [2.75, 3.05) is 6.61 Å². The Labute approximate surface area is 137 Å². The first-order chi connectivity index (χ1) is 10.6. The van der Waals surface area contributed by atoms with Gasteiger partial charge in [-0.25, -0.2) is 0 Å². The Bertz CT molecular complexity index is 762. The maximum absolute atomic E-state index is 5.94. The summed E-state index contributed by atoms with van der Waals surface area (Å²) in [4.78, 5) is 4.61. The molecular weight excluding hydrogens is 346 g/mol. The van der Waals surface area contributed by atoms with Gasteiger partial charge < -0.3 is 9.47 Å². The summed E-state index contributed by atoms with van der Waals surface area (Å²) in [7, 11) is 0. The highest BCUT2D eigenvalue weighted by molar-refractivity contribution is 9.10. The van der Waals surface area contributed by atoms with Crippen LogP contribution in [-0.4, -0.2) is 33.1 Å². The molecule has 6 rings (SSSR count). The van der Waals surface area contributed by atoms with Crippen LogP contribution in [0.25, 0.3) is 11.0 Å². The maximum Gasteiger partial charge on any atom is 0.230 e. The molecule has 4 aliphatic rings. The highest BCUT2D eigenvalue weighted by Gasteiger charge is 2.61. The molecule has 0 radical (unpaired) electrons. The second kappa shape index (κ2) is 4.23. The van der Waals surface area contributed by atoms with E-state index in [4.69, 9.17) is 14.6 Å². The average Bonchev–Trinajstić information content (AvgIpc) is 3.04. The average molecular weight is 364 g/mol. The monoisotopic (exact) mass is 363 g/mol. The van der Waals surface area contributed by atoms with Gasteiger partial charge in [-0.1, -0.05) is 0 Å². The number of nitrogens with zero attached hydrogens (tertiary/aromatic N) is 3. The minimum atomic E-state index is 0.0386. The molecule has 2 aromatic heterocycles. The van der Waals surface area contributed by atoms with Crippen molar-refractivity contribution >= 4 is 27.0 Å². The van der Waals surface area contributed by atoms with Crippen molar-refractivity contribution in [3.63, 3.8) is 0 Å². The van der Waals surface area contributed by atoms with Gasteiger partial charge in [-0.3, -0.25) is 4.68 Å². The fourth-order valence-corrected chi connectivity index (χ4v) is 4.40. The van der Waals surface area contributed by atoms with Gasteiger partial charge >= 0.3 is 0 Å². The van der Waals surface area contributed by atoms with E-state index < -0.39 is 0 Å². The Hall–Kier alpha value is -1.14.